The third kappa shape index (κ3) is 3.30. The Kier molecular flexibility index (Phi) is 3.53. The Morgan fingerprint density at radius 2 is 2.54 bits per heavy atom. The Balaban J connectivity index is 2.48. The molecule has 1 aliphatic carbocycles. The summed E-state index contributed by atoms with van der Waals surface area (Å²) in [6.07, 6.45) is 6.82. The lowest BCUT2D eigenvalue weighted by atomic mass is 9.99. The summed E-state index contributed by atoms with van der Waals surface area (Å²) >= 11 is 0. The van der Waals surface area contributed by atoms with Gasteiger partial charge in [0.2, 0.25) is 6.41 Å². The highest BCUT2D eigenvalue weighted by atomic mass is 16.1. The van der Waals surface area contributed by atoms with Gasteiger partial charge < -0.3 is 5.32 Å². The fourth-order valence-electron chi connectivity index (χ4n) is 1.46. The van der Waals surface area contributed by atoms with Crippen molar-refractivity contribution in [2.45, 2.75) is 32.7 Å². The molecule has 70 valence electrons. The number of rotatable bonds is 4. The smallest absolute Gasteiger partial charge is 0.207 e. The van der Waals surface area contributed by atoms with E-state index in [1.54, 1.807) is 0 Å². The fraction of sp³-hybridized carbons (Fsp3) is 0.455. The van der Waals surface area contributed by atoms with Gasteiger partial charge in [0.1, 0.15) is 0 Å². The molecule has 13 heavy (non-hydrogen) atoms. The lowest BCUT2D eigenvalue weighted by Crippen LogP contribution is -2.24. The molecule has 0 saturated carbocycles. The van der Waals surface area contributed by atoms with Crippen LogP contribution in [0.2, 0.25) is 0 Å². The average molecular weight is 177 g/mol. The van der Waals surface area contributed by atoms with Crippen molar-refractivity contribution in [1.29, 1.82) is 0 Å². The molecular formula is C11H15NO. The van der Waals surface area contributed by atoms with E-state index >= 15 is 0 Å². The maximum Gasteiger partial charge on any atom is 0.207 e. The second-order valence-corrected chi connectivity index (χ2v) is 3.43. The van der Waals surface area contributed by atoms with E-state index in [2.05, 4.69) is 17.1 Å². The summed E-state index contributed by atoms with van der Waals surface area (Å²) in [7, 11) is 0. The van der Waals surface area contributed by atoms with E-state index < -0.39 is 0 Å². The molecule has 1 N–H and O–H groups in total. The van der Waals surface area contributed by atoms with E-state index in [1.807, 2.05) is 19.9 Å². The lowest BCUT2D eigenvalue weighted by Gasteiger charge is -2.13. The first kappa shape index (κ1) is 9.82. The van der Waals surface area contributed by atoms with Gasteiger partial charge in [0.15, 0.2) is 0 Å². The minimum atomic E-state index is 0.225. The van der Waals surface area contributed by atoms with E-state index in [0.29, 0.717) is 0 Å². The van der Waals surface area contributed by atoms with Crippen LogP contribution < -0.4 is 5.32 Å². The van der Waals surface area contributed by atoms with Crippen LogP contribution in [0.5, 0.6) is 0 Å². The molecule has 2 nitrogen and oxygen atoms in total. The summed E-state index contributed by atoms with van der Waals surface area (Å²) in [6.45, 7) is 4.04. The largest absolute Gasteiger partial charge is 0.356 e. The second kappa shape index (κ2) is 4.68. The number of carbonyl (C=O) groups excluding carboxylic acids is 1. The van der Waals surface area contributed by atoms with Gasteiger partial charge in [-0.05, 0) is 38.3 Å². The van der Waals surface area contributed by atoms with Gasteiger partial charge in [-0.15, -0.1) is 5.73 Å². The zero-order chi connectivity index (χ0) is 9.68. The van der Waals surface area contributed by atoms with Crippen LogP contribution >= 0.6 is 0 Å². The molecular weight excluding hydrogens is 162 g/mol. The molecule has 1 aliphatic rings. The van der Waals surface area contributed by atoms with Gasteiger partial charge in [-0.3, -0.25) is 4.79 Å². The zero-order valence-electron chi connectivity index (χ0n) is 8.13. The van der Waals surface area contributed by atoms with Crippen LogP contribution in [-0.2, 0) is 4.79 Å². The van der Waals surface area contributed by atoms with E-state index in [9.17, 15) is 4.79 Å². The van der Waals surface area contributed by atoms with E-state index in [0.717, 1.165) is 19.3 Å². The standard InChI is InChI=1S/C11H15NO/c1-9-4-3-5-11(6-9)7-10(2)12-8-13/h3,6,8,10H,5,7H2,1-2H3,(H,12,13). The first-order valence-electron chi connectivity index (χ1n) is 4.53. The summed E-state index contributed by atoms with van der Waals surface area (Å²) in [4.78, 5) is 10.2. The zero-order valence-corrected chi connectivity index (χ0v) is 8.13. The average Bonchev–Trinajstić information content (AvgIpc) is 2.04. The summed E-state index contributed by atoms with van der Waals surface area (Å²) in [5.41, 5.74) is 5.67. The normalized spacial score (nSPS) is 17.4. The van der Waals surface area contributed by atoms with E-state index in [1.165, 1.54) is 11.1 Å². The molecule has 1 unspecified atom stereocenters. The number of carbonyl (C=O) groups is 1. The van der Waals surface area contributed by atoms with Crippen LogP contribution in [0.25, 0.3) is 0 Å². The number of nitrogens with one attached hydrogen (secondary N) is 1. The van der Waals surface area contributed by atoms with Gasteiger partial charge in [0.25, 0.3) is 0 Å². The molecule has 0 aromatic carbocycles. The monoisotopic (exact) mass is 177 g/mol. The molecule has 0 heterocycles. The first-order valence-corrected chi connectivity index (χ1v) is 4.53. The van der Waals surface area contributed by atoms with Gasteiger partial charge >= 0.3 is 0 Å². The highest BCUT2D eigenvalue weighted by Gasteiger charge is 2.05. The molecule has 0 aliphatic heterocycles. The number of hydrogen-bond acceptors (Lipinski definition) is 1. The lowest BCUT2D eigenvalue weighted by molar-refractivity contribution is -0.110. The van der Waals surface area contributed by atoms with Crippen LogP contribution in [0.1, 0.15) is 26.7 Å². The van der Waals surface area contributed by atoms with Crippen LogP contribution in [0.3, 0.4) is 0 Å². The summed E-state index contributed by atoms with van der Waals surface area (Å²) < 4.78 is 0. The van der Waals surface area contributed by atoms with E-state index in [-0.39, 0.29) is 6.04 Å². The van der Waals surface area contributed by atoms with Crippen molar-refractivity contribution in [3.63, 3.8) is 0 Å². The van der Waals surface area contributed by atoms with Crippen LogP contribution in [0.15, 0.2) is 29.0 Å². The number of hydrogen-bond donors (Lipinski definition) is 1. The molecule has 2 heteroatoms. The van der Waals surface area contributed by atoms with Gasteiger partial charge in [0.05, 0.1) is 0 Å². The predicted octanol–water partition coefficient (Wildman–Crippen LogP) is 1.94. The van der Waals surface area contributed by atoms with Gasteiger partial charge in [-0.2, -0.15) is 0 Å². The number of amides is 1. The maximum absolute atomic E-state index is 10.2. The van der Waals surface area contributed by atoms with Crippen molar-refractivity contribution in [3.05, 3.63) is 29.0 Å². The Bertz CT molecular complexity index is 282. The molecule has 1 rings (SSSR count). The van der Waals surface area contributed by atoms with Gasteiger partial charge in [0, 0.05) is 6.04 Å². The van der Waals surface area contributed by atoms with Crippen molar-refractivity contribution in [2.75, 3.05) is 0 Å². The highest BCUT2D eigenvalue weighted by molar-refractivity contribution is 5.46. The quantitative estimate of drug-likeness (QED) is 0.516. The van der Waals surface area contributed by atoms with Crippen molar-refractivity contribution < 1.29 is 4.79 Å². The Morgan fingerprint density at radius 1 is 1.77 bits per heavy atom. The second-order valence-electron chi connectivity index (χ2n) is 3.43. The Labute approximate surface area is 79.0 Å². The van der Waals surface area contributed by atoms with Crippen molar-refractivity contribution in [3.8, 4) is 0 Å². The molecule has 0 aromatic rings. The molecule has 1 amide bonds. The van der Waals surface area contributed by atoms with Crippen molar-refractivity contribution >= 4 is 6.41 Å². The summed E-state index contributed by atoms with van der Waals surface area (Å²) in [6, 6.07) is 0.225. The highest BCUT2D eigenvalue weighted by Crippen LogP contribution is 2.16. The first-order chi connectivity index (χ1) is 6.22. The third-order valence-electron chi connectivity index (χ3n) is 2.04. The maximum atomic E-state index is 10.2. The topological polar surface area (TPSA) is 29.1 Å². The number of allylic oxidation sites excluding steroid dienone is 2. The Hall–Kier alpha value is -1.27. The predicted molar refractivity (Wildman–Crippen MR) is 53.2 cm³/mol. The molecule has 0 fully saturated rings. The molecule has 0 spiro atoms. The van der Waals surface area contributed by atoms with Crippen LogP contribution in [0, 0.1) is 0 Å². The SMILES string of the molecule is CC1=C=CCC(CC(C)NC=O)=C1. The van der Waals surface area contributed by atoms with Crippen molar-refractivity contribution in [2.24, 2.45) is 0 Å². The van der Waals surface area contributed by atoms with E-state index in [4.69, 9.17) is 0 Å². The van der Waals surface area contributed by atoms with Gasteiger partial charge in [-0.25, -0.2) is 0 Å². The van der Waals surface area contributed by atoms with Crippen LogP contribution in [-0.4, -0.2) is 12.5 Å². The Morgan fingerprint density at radius 3 is 3.15 bits per heavy atom. The molecule has 0 radical (unpaired) electrons. The van der Waals surface area contributed by atoms with Gasteiger partial charge in [-0.1, -0.05) is 11.6 Å². The molecule has 0 bridgehead atoms. The minimum Gasteiger partial charge on any atom is -0.356 e. The minimum absolute atomic E-state index is 0.225. The van der Waals surface area contributed by atoms with Crippen molar-refractivity contribution in [1.82, 2.24) is 5.32 Å². The molecule has 1 atom stereocenters. The summed E-state index contributed by atoms with van der Waals surface area (Å²) in [5.74, 6) is 0. The molecule has 0 aromatic heterocycles. The van der Waals surface area contributed by atoms with Crippen LogP contribution in [0.4, 0.5) is 0 Å². The molecule has 0 saturated heterocycles. The summed E-state index contributed by atoms with van der Waals surface area (Å²) in [5, 5.41) is 2.74. The third-order valence-corrected chi connectivity index (χ3v) is 2.04. The fourth-order valence-corrected chi connectivity index (χ4v) is 1.46.